The lowest BCUT2D eigenvalue weighted by Crippen LogP contribution is -2.32. The van der Waals surface area contributed by atoms with Crippen LogP contribution in [0.25, 0.3) is 5.70 Å². The molecule has 0 saturated heterocycles. The predicted molar refractivity (Wildman–Crippen MR) is 136 cm³/mol. The molecule has 2 aliphatic rings. The summed E-state index contributed by atoms with van der Waals surface area (Å²) in [6, 6.07) is 19.7. The number of nitrogens with one attached hydrogen (secondary N) is 1. The van der Waals surface area contributed by atoms with Gasteiger partial charge in [0.05, 0.1) is 5.70 Å². The lowest BCUT2D eigenvalue weighted by Gasteiger charge is -2.39. The second-order valence-electron chi connectivity index (χ2n) is 7.94. The molecule has 1 N–H and O–H groups in total. The van der Waals surface area contributed by atoms with Crippen LogP contribution in [0.15, 0.2) is 81.9 Å². The molecule has 1 aromatic heterocycles. The van der Waals surface area contributed by atoms with E-state index in [0.717, 1.165) is 26.9 Å². The maximum Gasteiger partial charge on any atom is 0.227 e. The van der Waals surface area contributed by atoms with Gasteiger partial charge in [0.25, 0.3) is 0 Å². The van der Waals surface area contributed by atoms with Crippen LogP contribution >= 0.6 is 39.3 Å². The third-order valence-corrected chi connectivity index (χ3v) is 7.27. The highest BCUT2D eigenvalue weighted by atomic mass is 79.9. The van der Waals surface area contributed by atoms with E-state index in [-0.39, 0.29) is 5.82 Å². The van der Waals surface area contributed by atoms with E-state index in [1.165, 1.54) is 17.8 Å². The van der Waals surface area contributed by atoms with Gasteiger partial charge in [0.2, 0.25) is 11.1 Å². The maximum absolute atomic E-state index is 15.3. The number of ether oxygens (including phenoxy) is 1. The van der Waals surface area contributed by atoms with E-state index in [1.807, 2.05) is 48.7 Å². The minimum Gasteiger partial charge on any atom is -0.480 e. The van der Waals surface area contributed by atoms with Gasteiger partial charge in [0.1, 0.15) is 23.7 Å². The lowest BCUT2D eigenvalue weighted by atomic mass is 9.84. The average Bonchev–Trinajstić information content (AvgIpc) is 3.26. The van der Waals surface area contributed by atoms with Gasteiger partial charge in [0.15, 0.2) is 0 Å². The minimum atomic E-state index is -0.568. The fourth-order valence-corrected chi connectivity index (χ4v) is 5.26. The predicted octanol–water partition coefficient (Wildman–Crippen LogP) is 7.11. The first-order valence-corrected chi connectivity index (χ1v) is 12.9. The molecular weight excluding hydrogens is 539 g/mol. The van der Waals surface area contributed by atoms with Crippen molar-refractivity contribution in [3.63, 3.8) is 0 Å². The van der Waals surface area contributed by atoms with Gasteiger partial charge in [0, 0.05) is 26.2 Å². The summed E-state index contributed by atoms with van der Waals surface area (Å²) < 4.78 is 24.5. The molecule has 4 aromatic rings. The molecule has 0 unspecified atom stereocenters. The van der Waals surface area contributed by atoms with Crippen molar-refractivity contribution in [2.45, 2.75) is 17.3 Å². The second kappa shape index (κ2) is 8.45. The molecule has 0 amide bonds. The number of halogens is 3. The summed E-state index contributed by atoms with van der Waals surface area (Å²) in [5, 5.41) is 9.32. The molecule has 0 fully saturated rings. The highest BCUT2D eigenvalue weighted by Crippen LogP contribution is 2.51. The first-order valence-electron chi connectivity index (χ1n) is 10.5. The Balaban J connectivity index is 1.66. The summed E-state index contributed by atoms with van der Waals surface area (Å²) in [4.78, 5) is 4.64. The summed E-state index contributed by atoms with van der Waals surface area (Å²) in [5.74, 6) is 0.910. The van der Waals surface area contributed by atoms with E-state index in [4.69, 9.17) is 21.4 Å². The molecule has 0 saturated carbocycles. The molecule has 2 aliphatic heterocycles. The number of hydrogen-bond donors (Lipinski definition) is 1. The Labute approximate surface area is 213 Å². The minimum absolute atomic E-state index is 0.320. The Hall–Kier alpha value is -2.81. The van der Waals surface area contributed by atoms with Crippen LogP contribution in [0.5, 0.6) is 5.75 Å². The van der Waals surface area contributed by atoms with E-state index in [9.17, 15) is 0 Å². The van der Waals surface area contributed by atoms with Crippen LogP contribution in [0.4, 0.5) is 10.3 Å². The van der Waals surface area contributed by atoms with Crippen molar-refractivity contribution in [3.8, 4) is 5.75 Å². The van der Waals surface area contributed by atoms with Crippen molar-refractivity contribution in [1.82, 2.24) is 14.8 Å². The van der Waals surface area contributed by atoms with Crippen molar-refractivity contribution in [3.05, 3.63) is 104 Å². The van der Waals surface area contributed by atoms with Gasteiger partial charge in [-0.15, -0.1) is 5.10 Å². The second-order valence-corrected chi connectivity index (χ2v) is 10.1. The van der Waals surface area contributed by atoms with Gasteiger partial charge in [-0.2, -0.15) is 4.98 Å². The van der Waals surface area contributed by atoms with Crippen LogP contribution in [-0.2, 0) is 0 Å². The number of anilines is 1. The van der Waals surface area contributed by atoms with Gasteiger partial charge in [-0.1, -0.05) is 69.6 Å². The summed E-state index contributed by atoms with van der Waals surface area (Å²) in [7, 11) is 0. The number of benzene rings is 3. The average molecular weight is 556 g/mol. The van der Waals surface area contributed by atoms with E-state index < -0.39 is 12.1 Å². The van der Waals surface area contributed by atoms with Gasteiger partial charge < -0.3 is 10.1 Å². The van der Waals surface area contributed by atoms with Gasteiger partial charge in [-0.05, 0) is 48.2 Å². The molecule has 2 atom stereocenters. The lowest BCUT2D eigenvalue weighted by molar-refractivity contribution is 0.222. The standard InChI is InChI=1S/C25H17BrClFN4OS/c1-34-25-30-24-29-21-17-12-15(27)10-11-19(17)33-23(13-6-8-14(26)9-7-13)20(21)22(32(24)31-25)16-4-2-3-5-18(16)28/h2-12,22-23H,1H3,(H,29,30,31)/t22-,23-/m0/s1. The number of aromatic nitrogens is 3. The van der Waals surface area contributed by atoms with E-state index >= 15 is 4.39 Å². The van der Waals surface area contributed by atoms with Crippen molar-refractivity contribution < 1.29 is 9.13 Å². The van der Waals surface area contributed by atoms with Gasteiger partial charge >= 0.3 is 0 Å². The smallest absolute Gasteiger partial charge is 0.227 e. The zero-order valence-electron chi connectivity index (χ0n) is 17.8. The molecule has 3 heterocycles. The molecule has 0 aliphatic carbocycles. The quantitative estimate of drug-likeness (QED) is 0.273. The SMILES string of the molecule is CSc1nc2n(n1)[C@@H](c1ccccc1F)C1=C(N2)c2cc(Cl)ccc2O[C@H]1c1ccc(Br)cc1. The Morgan fingerprint density at radius 2 is 1.91 bits per heavy atom. The van der Waals surface area contributed by atoms with Crippen LogP contribution in [0.3, 0.4) is 0 Å². The van der Waals surface area contributed by atoms with E-state index in [2.05, 4.69) is 26.2 Å². The van der Waals surface area contributed by atoms with Crippen LogP contribution < -0.4 is 10.1 Å². The monoisotopic (exact) mass is 554 g/mol. The highest BCUT2D eigenvalue weighted by Gasteiger charge is 2.42. The zero-order valence-corrected chi connectivity index (χ0v) is 21.0. The number of thioether (sulfide) groups is 1. The third-order valence-electron chi connectivity index (χ3n) is 5.97. The molecule has 0 spiro atoms. The zero-order chi connectivity index (χ0) is 23.4. The Morgan fingerprint density at radius 1 is 1.12 bits per heavy atom. The van der Waals surface area contributed by atoms with E-state index in [1.54, 1.807) is 22.9 Å². The van der Waals surface area contributed by atoms with Crippen LogP contribution in [0.1, 0.15) is 28.8 Å². The normalized spacial score (nSPS) is 18.5. The molecule has 3 aromatic carbocycles. The molecular formula is C25H17BrClFN4OS. The van der Waals surface area contributed by atoms with Crippen LogP contribution in [-0.4, -0.2) is 21.0 Å². The number of rotatable bonds is 3. The Morgan fingerprint density at radius 3 is 2.68 bits per heavy atom. The first kappa shape index (κ1) is 21.7. The van der Waals surface area contributed by atoms with Crippen LogP contribution in [0.2, 0.25) is 5.02 Å². The molecule has 9 heteroatoms. The van der Waals surface area contributed by atoms with Crippen molar-refractivity contribution in [2.24, 2.45) is 0 Å². The Kier molecular flexibility index (Phi) is 5.39. The third kappa shape index (κ3) is 3.52. The van der Waals surface area contributed by atoms with Crippen molar-refractivity contribution >= 4 is 50.9 Å². The summed E-state index contributed by atoms with van der Waals surface area (Å²) in [6.45, 7) is 0. The highest BCUT2D eigenvalue weighted by molar-refractivity contribution is 9.10. The fourth-order valence-electron chi connectivity index (χ4n) is 4.48. The number of hydrogen-bond acceptors (Lipinski definition) is 5. The van der Waals surface area contributed by atoms with Crippen molar-refractivity contribution in [2.75, 3.05) is 11.6 Å². The molecule has 34 heavy (non-hydrogen) atoms. The first-order chi connectivity index (χ1) is 16.5. The van der Waals surface area contributed by atoms with Gasteiger partial charge in [-0.3, -0.25) is 0 Å². The largest absolute Gasteiger partial charge is 0.480 e. The number of fused-ring (bicyclic) bond motifs is 3. The molecule has 0 bridgehead atoms. The molecule has 5 nitrogen and oxygen atoms in total. The van der Waals surface area contributed by atoms with Crippen molar-refractivity contribution in [1.29, 1.82) is 0 Å². The molecule has 0 radical (unpaired) electrons. The topological polar surface area (TPSA) is 52.0 Å². The fraction of sp³-hybridized carbons (Fsp3) is 0.120. The van der Waals surface area contributed by atoms with E-state index in [0.29, 0.717) is 27.4 Å². The number of nitrogens with zero attached hydrogens (tertiary/aromatic N) is 3. The summed E-state index contributed by atoms with van der Waals surface area (Å²) in [6.07, 6.45) is 1.43. The summed E-state index contributed by atoms with van der Waals surface area (Å²) in [5.41, 5.74) is 3.88. The Bertz CT molecular complexity index is 1460. The molecule has 170 valence electrons. The van der Waals surface area contributed by atoms with Gasteiger partial charge in [-0.25, -0.2) is 9.07 Å². The van der Waals surface area contributed by atoms with Crippen LogP contribution in [0, 0.1) is 5.82 Å². The maximum atomic E-state index is 15.3. The molecule has 6 rings (SSSR count). The summed E-state index contributed by atoms with van der Waals surface area (Å²) >= 11 is 11.3.